The van der Waals surface area contributed by atoms with E-state index in [1.165, 1.54) is 30.4 Å². The highest BCUT2D eigenvalue weighted by atomic mass is 14.1. The van der Waals surface area contributed by atoms with Gasteiger partial charge in [-0.25, -0.2) is 0 Å². The Kier molecular flexibility index (Phi) is 3.37. The van der Waals surface area contributed by atoms with Crippen LogP contribution in [-0.2, 0) is 0 Å². The zero-order valence-corrected chi connectivity index (χ0v) is 8.35. The van der Waals surface area contributed by atoms with Gasteiger partial charge in [-0.05, 0) is 25.3 Å². The van der Waals surface area contributed by atoms with Gasteiger partial charge in [-0.15, -0.1) is 5.73 Å². The molecule has 0 amide bonds. The maximum Gasteiger partial charge on any atom is 0.0271 e. The molecule has 0 N–H and O–H groups in total. The first kappa shape index (κ1) is 9.35. The molecule has 0 nitrogen and oxygen atoms in total. The summed E-state index contributed by atoms with van der Waals surface area (Å²) in [4.78, 5) is 0. The van der Waals surface area contributed by atoms with Gasteiger partial charge in [0.05, 0.1) is 0 Å². The lowest BCUT2D eigenvalue weighted by molar-refractivity contribution is 0.598. The van der Waals surface area contributed by atoms with Crippen molar-refractivity contribution in [1.29, 1.82) is 0 Å². The van der Waals surface area contributed by atoms with Gasteiger partial charge in [0.2, 0.25) is 0 Å². The number of allylic oxidation sites excluding steroid dienone is 3. The van der Waals surface area contributed by atoms with E-state index in [4.69, 9.17) is 0 Å². The van der Waals surface area contributed by atoms with Crippen molar-refractivity contribution in [3.8, 4) is 0 Å². The molecule has 0 aromatic rings. The lowest BCUT2D eigenvalue weighted by atomic mass is 10.0. The summed E-state index contributed by atoms with van der Waals surface area (Å²) < 4.78 is 0. The van der Waals surface area contributed by atoms with E-state index in [1.807, 2.05) is 0 Å². The van der Waals surface area contributed by atoms with Crippen molar-refractivity contribution < 1.29 is 0 Å². The molecule has 1 aliphatic carbocycles. The van der Waals surface area contributed by atoms with Crippen LogP contribution in [0.1, 0.15) is 40.0 Å². The van der Waals surface area contributed by atoms with Crippen molar-refractivity contribution in [3.63, 3.8) is 0 Å². The molecule has 0 bridgehead atoms. The highest BCUT2D eigenvalue weighted by molar-refractivity contribution is 5.50. The summed E-state index contributed by atoms with van der Waals surface area (Å²) in [6.45, 7) is 6.63. The van der Waals surface area contributed by atoms with E-state index in [-0.39, 0.29) is 0 Å². The summed E-state index contributed by atoms with van der Waals surface area (Å²) >= 11 is 0. The molecule has 66 valence electrons. The highest BCUT2D eigenvalue weighted by Crippen LogP contribution is 2.21. The van der Waals surface area contributed by atoms with Crippen LogP contribution < -0.4 is 0 Å². The van der Waals surface area contributed by atoms with Gasteiger partial charge < -0.3 is 0 Å². The second-order valence-corrected chi connectivity index (χ2v) is 3.64. The monoisotopic (exact) mass is 162 g/mol. The smallest absolute Gasteiger partial charge is 0.0271 e. The Morgan fingerprint density at radius 1 is 1.50 bits per heavy atom. The number of hydrogen-bond acceptors (Lipinski definition) is 0. The molecule has 0 aromatic heterocycles. The Morgan fingerprint density at radius 3 is 2.67 bits per heavy atom. The van der Waals surface area contributed by atoms with Crippen molar-refractivity contribution in [3.05, 3.63) is 29.0 Å². The van der Waals surface area contributed by atoms with Crippen LogP contribution in [0.15, 0.2) is 29.0 Å². The minimum Gasteiger partial charge on any atom is -0.107 e. The second kappa shape index (κ2) is 4.33. The Morgan fingerprint density at radius 2 is 2.17 bits per heavy atom. The van der Waals surface area contributed by atoms with Crippen LogP contribution in [-0.4, -0.2) is 0 Å². The molecule has 0 fully saturated rings. The number of unbranched alkanes of at least 4 members (excludes halogenated alkanes) is 1. The fourth-order valence-corrected chi connectivity index (χ4v) is 1.22. The largest absolute Gasteiger partial charge is 0.107 e. The first-order valence-corrected chi connectivity index (χ1v) is 4.90. The van der Waals surface area contributed by atoms with Crippen LogP contribution in [0, 0.1) is 5.92 Å². The first-order chi connectivity index (χ1) is 5.74. The predicted octanol–water partition coefficient (Wildman–Crippen LogP) is 3.85. The lowest BCUT2D eigenvalue weighted by Gasteiger charge is -2.02. The van der Waals surface area contributed by atoms with Gasteiger partial charge in [-0.3, -0.25) is 0 Å². The van der Waals surface area contributed by atoms with E-state index in [2.05, 4.69) is 38.7 Å². The van der Waals surface area contributed by atoms with Crippen LogP contribution in [0.3, 0.4) is 0 Å². The van der Waals surface area contributed by atoms with Crippen molar-refractivity contribution in [1.82, 2.24) is 0 Å². The molecule has 0 saturated carbocycles. The van der Waals surface area contributed by atoms with E-state index in [0.717, 1.165) is 5.92 Å². The highest BCUT2D eigenvalue weighted by Gasteiger charge is 2.05. The zero-order valence-electron chi connectivity index (χ0n) is 8.35. The average Bonchev–Trinajstić information content (AvgIpc) is 2.75. The zero-order chi connectivity index (χ0) is 8.97. The summed E-state index contributed by atoms with van der Waals surface area (Å²) in [5.41, 5.74) is 5.84. The van der Waals surface area contributed by atoms with Crippen LogP contribution in [0.2, 0.25) is 0 Å². The normalized spacial score (nSPS) is 17.6. The van der Waals surface area contributed by atoms with E-state index < -0.39 is 0 Å². The van der Waals surface area contributed by atoms with E-state index in [1.54, 1.807) is 0 Å². The molecule has 0 radical (unpaired) electrons. The minimum atomic E-state index is 0.729. The van der Waals surface area contributed by atoms with Gasteiger partial charge in [-0.2, -0.15) is 0 Å². The van der Waals surface area contributed by atoms with Gasteiger partial charge in [0.15, 0.2) is 0 Å². The van der Waals surface area contributed by atoms with E-state index in [9.17, 15) is 0 Å². The van der Waals surface area contributed by atoms with Gasteiger partial charge >= 0.3 is 0 Å². The Labute approximate surface area is 75.7 Å². The van der Waals surface area contributed by atoms with Crippen LogP contribution >= 0.6 is 0 Å². The van der Waals surface area contributed by atoms with Gasteiger partial charge in [-0.1, -0.05) is 32.8 Å². The summed E-state index contributed by atoms with van der Waals surface area (Å²) in [5, 5.41) is 0. The van der Waals surface area contributed by atoms with Crippen molar-refractivity contribution in [2.24, 2.45) is 5.92 Å². The Hall–Kier alpha value is -0.740. The first-order valence-electron chi connectivity index (χ1n) is 4.90. The maximum atomic E-state index is 3.19. The molecular weight excluding hydrogens is 144 g/mol. The molecule has 1 atom stereocenters. The molecule has 0 heteroatoms. The number of hydrogen-bond donors (Lipinski definition) is 0. The second-order valence-electron chi connectivity index (χ2n) is 3.64. The fourth-order valence-electron chi connectivity index (χ4n) is 1.22. The molecule has 0 aliphatic heterocycles. The molecule has 1 aliphatic rings. The topological polar surface area (TPSA) is 0 Å². The number of rotatable bonds is 5. The minimum absolute atomic E-state index is 0.729. The van der Waals surface area contributed by atoms with E-state index in [0.29, 0.717) is 0 Å². The van der Waals surface area contributed by atoms with Crippen LogP contribution in [0.4, 0.5) is 0 Å². The molecule has 0 heterocycles. The molecule has 12 heavy (non-hydrogen) atoms. The molecular formula is C12H18. The third kappa shape index (κ3) is 3.11. The molecule has 0 saturated heterocycles. The summed E-state index contributed by atoms with van der Waals surface area (Å²) in [6, 6.07) is 0. The average molecular weight is 162 g/mol. The maximum absolute atomic E-state index is 3.19. The molecule has 0 spiro atoms. The Balaban J connectivity index is 2.13. The van der Waals surface area contributed by atoms with Gasteiger partial charge in [0.25, 0.3) is 0 Å². The van der Waals surface area contributed by atoms with Crippen molar-refractivity contribution >= 4 is 0 Å². The summed E-state index contributed by atoms with van der Waals surface area (Å²) in [6.07, 6.45) is 8.47. The lowest BCUT2D eigenvalue weighted by Crippen LogP contribution is -1.88. The quantitative estimate of drug-likeness (QED) is 0.538. The van der Waals surface area contributed by atoms with E-state index >= 15 is 0 Å². The fraction of sp³-hybridized carbons (Fsp3) is 0.583. The molecule has 1 rings (SSSR count). The summed E-state index contributed by atoms with van der Waals surface area (Å²) in [5.74, 6) is 0.729. The predicted molar refractivity (Wildman–Crippen MR) is 54.0 cm³/mol. The summed E-state index contributed by atoms with van der Waals surface area (Å²) in [7, 11) is 0. The van der Waals surface area contributed by atoms with Gasteiger partial charge in [0, 0.05) is 11.1 Å². The van der Waals surface area contributed by atoms with Crippen molar-refractivity contribution in [2.75, 3.05) is 0 Å². The van der Waals surface area contributed by atoms with Crippen LogP contribution in [0.5, 0.6) is 0 Å². The molecule has 0 aromatic carbocycles. The third-order valence-corrected chi connectivity index (χ3v) is 2.27. The van der Waals surface area contributed by atoms with Gasteiger partial charge in [0.1, 0.15) is 0 Å². The SMILES string of the molecule is CCCCC(C)C=CC1=C=C1C. The Bertz CT molecular complexity index is 237. The van der Waals surface area contributed by atoms with Crippen LogP contribution in [0.25, 0.3) is 0 Å². The standard InChI is InChI=1S/C12H18/c1-4-5-6-10(2)7-8-12-9-11(12)3/h7-8,10H,4-6H2,1-3H3. The van der Waals surface area contributed by atoms with Crippen molar-refractivity contribution in [2.45, 2.75) is 40.0 Å². The molecule has 1 unspecified atom stereocenters. The third-order valence-electron chi connectivity index (χ3n) is 2.27.